The molecular weight excluding hydrogens is 368 g/mol. The monoisotopic (exact) mass is 390 g/mol. The summed E-state index contributed by atoms with van der Waals surface area (Å²) in [6, 6.07) is 21.9. The van der Waals surface area contributed by atoms with Crippen LogP contribution in [-0.4, -0.2) is 10.9 Å². The van der Waals surface area contributed by atoms with Crippen molar-refractivity contribution in [2.45, 2.75) is 31.2 Å². The number of hydrogen-bond donors (Lipinski definition) is 1. The fourth-order valence-electron chi connectivity index (χ4n) is 4.29. The number of aliphatic imine (C=N–C) groups is 1. The molecule has 0 fully saturated rings. The molecule has 0 amide bonds. The summed E-state index contributed by atoms with van der Waals surface area (Å²) in [5.41, 5.74) is 11.4. The van der Waals surface area contributed by atoms with Crippen LogP contribution in [0.15, 0.2) is 65.7 Å². The molecule has 0 bridgehead atoms. The quantitative estimate of drug-likeness (QED) is 0.577. The van der Waals surface area contributed by atoms with Crippen molar-refractivity contribution < 1.29 is 0 Å². The Morgan fingerprint density at radius 1 is 0.889 bits per heavy atom. The van der Waals surface area contributed by atoms with Gasteiger partial charge in [-0.05, 0) is 60.1 Å². The van der Waals surface area contributed by atoms with E-state index in [1.54, 1.807) is 11.8 Å². The predicted molar refractivity (Wildman–Crippen MR) is 119 cm³/mol. The van der Waals surface area contributed by atoms with Crippen LogP contribution in [0, 0.1) is 0 Å². The average Bonchev–Trinajstić information content (AvgIpc) is 3.15. The molecule has 1 unspecified atom stereocenters. The van der Waals surface area contributed by atoms with Gasteiger partial charge in [0.2, 0.25) is 0 Å². The number of amidine groups is 1. The number of hydrogen-bond acceptors (Lipinski definition) is 4. The molecule has 1 spiro atoms. The van der Waals surface area contributed by atoms with Gasteiger partial charge in [0.05, 0.1) is 5.54 Å². The van der Waals surface area contributed by atoms with Gasteiger partial charge in [-0.15, -0.1) is 11.3 Å². The number of benzene rings is 2. The third-order valence-corrected chi connectivity index (χ3v) is 7.83. The average molecular weight is 391 g/mol. The van der Waals surface area contributed by atoms with E-state index in [0.717, 1.165) is 30.2 Å². The maximum Gasteiger partial charge on any atom is 0.154 e. The maximum atomic E-state index is 6.12. The van der Waals surface area contributed by atoms with E-state index in [0.29, 0.717) is 0 Å². The molecule has 2 aromatic carbocycles. The Kier molecular flexibility index (Phi) is 4.33. The first kappa shape index (κ1) is 17.1. The Bertz CT molecular complexity index is 1010. The summed E-state index contributed by atoms with van der Waals surface area (Å²) >= 11 is 3.62. The van der Waals surface area contributed by atoms with Crippen molar-refractivity contribution in [3.05, 3.63) is 71.1 Å². The molecule has 27 heavy (non-hydrogen) atoms. The maximum absolute atomic E-state index is 6.12. The van der Waals surface area contributed by atoms with Gasteiger partial charge in [-0.2, -0.15) is 0 Å². The molecule has 4 heteroatoms. The van der Waals surface area contributed by atoms with Gasteiger partial charge >= 0.3 is 0 Å². The van der Waals surface area contributed by atoms with Gasteiger partial charge in [-0.25, -0.2) is 0 Å². The lowest BCUT2D eigenvalue weighted by molar-refractivity contribution is 0.373. The molecule has 2 heterocycles. The standard InChI is InChI=1S/C23H22N2S2/c24-22-25-23(12-13-26-22)11-5-10-19-15-20(27-21(19)23)18-9-4-8-17(14-18)16-6-2-1-3-7-16/h1-4,6-9,14-15H,5,10-13H2,(H2,24,25). The van der Waals surface area contributed by atoms with Crippen LogP contribution in [0.25, 0.3) is 21.6 Å². The van der Waals surface area contributed by atoms with E-state index in [9.17, 15) is 0 Å². The van der Waals surface area contributed by atoms with Gasteiger partial charge in [-0.3, -0.25) is 4.99 Å². The fraction of sp³-hybridized carbons (Fsp3) is 0.261. The van der Waals surface area contributed by atoms with Crippen LogP contribution in [0.1, 0.15) is 29.7 Å². The van der Waals surface area contributed by atoms with Crippen molar-refractivity contribution in [3.63, 3.8) is 0 Å². The van der Waals surface area contributed by atoms with Crippen molar-refractivity contribution in [3.8, 4) is 21.6 Å². The number of thioether (sulfide) groups is 1. The molecule has 5 rings (SSSR count). The smallest absolute Gasteiger partial charge is 0.154 e. The van der Waals surface area contributed by atoms with E-state index in [-0.39, 0.29) is 5.54 Å². The summed E-state index contributed by atoms with van der Waals surface area (Å²) in [4.78, 5) is 7.76. The number of thiophene rings is 1. The lowest BCUT2D eigenvalue weighted by Gasteiger charge is -2.36. The largest absolute Gasteiger partial charge is 0.379 e. The summed E-state index contributed by atoms with van der Waals surface area (Å²) in [6.07, 6.45) is 4.60. The first-order valence-electron chi connectivity index (χ1n) is 9.51. The second-order valence-electron chi connectivity index (χ2n) is 7.35. The number of rotatable bonds is 2. The Morgan fingerprint density at radius 3 is 2.56 bits per heavy atom. The highest BCUT2D eigenvalue weighted by Crippen LogP contribution is 2.49. The van der Waals surface area contributed by atoms with Crippen LogP contribution in [0.3, 0.4) is 0 Å². The van der Waals surface area contributed by atoms with Crippen LogP contribution < -0.4 is 5.73 Å². The second kappa shape index (κ2) is 6.84. The molecule has 3 aromatic rings. The molecule has 2 N–H and O–H groups in total. The van der Waals surface area contributed by atoms with E-state index in [1.807, 2.05) is 11.3 Å². The van der Waals surface area contributed by atoms with Crippen LogP contribution >= 0.6 is 23.1 Å². The van der Waals surface area contributed by atoms with Gasteiger partial charge in [0.25, 0.3) is 0 Å². The molecule has 0 saturated heterocycles. The van der Waals surface area contributed by atoms with Crippen LogP contribution in [-0.2, 0) is 12.0 Å². The van der Waals surface area contributed by atoms with Crippen molar-refractivity contribution in [2.24, 2.45) is 10.7 Å². The van der Waals surface area contributed by atoms with E-state index in [2.05, 4.69) is 60.7 Å². The minimum absolute atomic E-state index is 0.0666. The summed E-state index contributed by atoms with van der Waals surface area (Å²) < 4.78 is 0. The topological polar surface area (TPSA) is 38.4 Å². The Hall–Kier alpha value is -2.04. The van der Waals surface area contributed by atoms with Gasteiger partial charge in [0, 0.05) is 15.5 Å². The summed E-state index contributed by atoms with van der Waals surface area (Å²) in [5.74, 6) is 1.07. The zero-order chi connectivity index (χ0) is 18.3. The number of fused-ring (bicyclic) bond motifs is 2. The summed E-state index contributed by atoms with van der Waals surface area (Å²) in [6.45, 7) is 0. The Balaban J connectivity index is 1.57. The number of aryl methyl sites for hydroxylation is 1. The van der Waals surface area contributed by atoms with E-state index in [4.69, 9.17) is 10.7 Å². The third kappa shape index (κ3) is 3.11. The lowest BCUT2D eigenvalue weighted by atomic mass is 9.81. The second-order valence-corrected chi connectivity index (χ2v) is 9.51. The molecule has 1 aliphatic heterocycles. The highest BCUT2D eigenvalue weighted by atomic mass is 32.2. The van der Waals surface area contributed by atoms with E-state index < -0.39 is 0 Å². The van der Waals surface area contributed by atoms with E-state index in [1.165, 1.54) is 38.4 Å². The van der Waals surface area contributed by atoms with Crippen LogP contribution in [0.5, 0.6) is 0 Å². The minimum atomic E-state index is -0.0666. The minimum Gasteiger partial charge on any atom is -0.379 e. The Morgan fingerprint density at radius 2 is 1.70 bits per heavy atom. The molecule has 2 aliphatic rings. The van der Waals surface area contributed by atoms with Gasteiger partial charge in [0.15, 0.2) is 5.17 Å². The lowest BCUT2D eigenvalue weighted by Crippen LogP contribution is -2.33. The molecule has 1 atom stereocenters. The highest BCUT2D eigenvalue weighted by molar-refractivity contribution is 8.13. The van der Waals surface area contributed by atoms with Gasteiger partial charge in [-0.1, -0.05) is 60.3 Å². The van der Waals surface area contributed by atoms with Crippen molar-refractivity contribution in [1.29, 1.82) is 0 Å². The first-order valence-corrected chi connectivity index (χ1v) is 11.3. The molecular formula is C23H22N2S2. The normalized spacial score (nSPS) is 21.7. The zero-order valence-electron chi connectivity index (χ0n) is 15.2. The zero-order valence-corrected chi connectivity index (χ0v) is 16.8. The molecule has 1 aromatic heterocycles. The highest BCUT2D eigenvalue weighted by Gasteiger charge is 2.40. The third-order valence-electron chi connectivity index (χ3n) is 5.61. The molecule has 0 radical (unpaired) electrons. The van der Waals surface area contributed by atoms with Crippen molar-refractivity contribution >= 4 is 28.3 Å². The molecule has 0 saturated carbocycles. The molecule has 1 aliphatic carbocycles. The fourth-order valence-corrected chi connectivity index (χ4v) is 6.57. The SMILES string of the molecule is NC1=NC2(CCCc3cc(-c4cccc(-c5ccccc5)c4)sc32)CCS1. The van der Waals surface area contributed by atoms with Gasteiger partial charge < -0.3 is 5.73 Å². The Labute approximate surface area is 168 Å². The van der Waals surface area contributed by atoms with Crippen molar-refractivity contribution in [1.82, 2.24) is 0 Å². The van der Waals surface area contributed by atoms with Crippen molar-refractivity contribution in [2.75, 3.05) is 5.75 Å². The number of nitrogens with two attached hydrogens (primary N) is 1. The summed E-state index contributed by atoms with van der Waals surface area (Å²) in [7, 11) is 0. The first-order chi connectivity index (χ1) is 13.2. The summed E-state index contributed by atoms with van der Waals surface area (Å²) in [5, 5.41) is 0.759. The van der Waals surface area contributed by atoms with Gasteiger partial charge in [0.1, 0.15) is 0 Å². The van der Waals surface area contributed by atoms with Crippen LogP contribution in [0.2, 0.25) is 0 Å². The van der Waals surface area contributed by atoms with E-state index >= 15 is 0 Å². The van der Waals surface area contributed by atoms with Crippen LogP contribution in [0.4, 0.5) is 0 Å². The number of nitrogens with zero attached hydrogens (tertiary/aromatic N) is 1. The molecule has 2 nitrogen and oxygen atoms in total. The predicted octanol–water partition coefficient (Wildman–Crippen LogP) is 6.07. The molecule has 136 valence electrons.